The molecule has 0 bridgehead atoms. The summed E-state index contributed by atoms with van der Waals surface area (Å²) < 4.78 is 0. The standard InChI is InChI=1S/C13H21N3/c1-16-7-5-13(6-8-16)15-10-11-3-2-4-12(14)9-11/h2-4,9,13,15H,5-8,10,14H2,1H3. The van der Waals surface area contributed by atoms with Crippen molar-refractivity contribution in [1.29, 1.82) is 0 Å². The number of likely N-dealkylation sites (tertiary alicyclic amines) is 1. The van der Waals surface area contributed by atoms with E-state index in [-0.39, 0.29) is 0 Å². The quantitative estimate of drug-likeness (QED) is 0.756. The van der Waals surface area contributed by atoms with Crippen LogP contribution in [0, 0.1) is 0 Å². The second-order valence-corrected chi connectivity index (χ2v) is 4.70. The lowest BCUT2D eigenvalue weighted by Gasteiger charge is -2.29. The molecule has 0 atom stereocenters. The maximum Gasteiger partial charge on any atom is 0.0317 e. The second kappa shape index (κ2) is 5.32. The lowest BCUT2D eigenvalue weighted by atomic mass is 10.1. The Morgan fingerprint density at radius 3 is 2.81 bits per heavy atom. The van der Waals surface area contributed by atoms with Gasteiger partial charge in [0.2, 0.25) is 0 Å². The molecule has 0 spiro atoms. The number of hydrogen-bond acceptors (Lipinski definition) is 3. The maximum atomic E-state index is 5.75. The van der Waals surface area contributed by atoms with Gasteiger partial charge in [-0.2, -0.15) is 0 Å². The zero-order valence-corrected chi connectivity index (χ0v) is 9.95. The third-order valence-corrected chi connectivity index (χ3v) is 3.26. The number of nitrogen functional groups attached to an aromatic ring is 1. The number of anilines is 1. The van der Waals surface area contributed by atoms with E-state index in [9.17, 15) is 0 Å². The van der Waals surface area contributed by atoms with Crippen molar-refractivity contribution in [3.05, 3.63) is 29.8 Å². The van der Waals surface area contributed by atoms with Crippen molar-refractivity contribution in [3.63, 3.8) is 0 Å². The van der Waals surface area contributed by atoms with Crippen LogP contribution in [0.4, 0.5) is 5.69 Å². The van der Waals surface area contributed by atoms with Gasteiger partial charge >= 0.3 is 0 Å². The molecule has 1 aliphatic heterocycles. The molecule has 88 valence electrons. The molecule has 1 aliphatic rings. The topological polar surface area (TPSA) is 41.3 Å². The fourth-order valence-corrected chi connectivity index (χ4v) is 2.18. The molecule has 3 N–H and O–H groups in total. The Hall–Kier alpha value is -1.06. The zero-order valence-electron chi connectivity index (χ0n) is 9.95. The van der Waals surface area contributed by atoms with E-state index >= 15 is 0 Å². The smallest absolute Gasteiger partial charge is 0.0317 e. The van der Waals surface area contributed by atoms with E-state index in [1.807, 2.05) is 18.2 Å². The highest BCUT2D eigenvalue weighted by Gasteiger charge is 2.15. The Bertz CT molecular complexity index is 330. The predicted molar refractivity (Wildman–Crippen MR) is 68.2 cm³/mol. The van der Waals surface area contributed by atoms with Gasteiger partial charge in [0, 0.05) is 18.3 Å². The molecular formula is C13H21N3. The van der Waals surface area contributed by atoms with Crippen LogP contribution in [0.25, 0.3) is 0 Å². The summed E-state index contributed by atoms with van der Waals surface area (Å²) in [6, 6.07) is 8.78. The van der Waals surface area contributed by atoms with Crippen LogP contribution in [0.2, 0.25) is 0 Å². The van der Waals surface area contributed by atoms with Gasteiger partial charge in [0.1, 0.15) is 0 Å². The van der Waals surface area contributed by atoms with E-state index in [1.54, 1.807) is 0 Å². The monoisotopic (exact) mass is 219 g/mol. The molecule has 3 nitrogen and oxygen atoms in total. The van der Waals surface area contributed by atoms with Crippen molar-refractivity contribution in [2.24, 2.45) is 0 Å². The molecule has 1 saturated heterocycles. The molecule has 0 aromatic heterocycles. The normalized spacial score (nSPS) is 18.8. The van der Waals surface area contributed by atoms with Crippen molar-refractivity contribution in [3.8, 4) is 0 Å². The number of benzene rings is 1. The summed E-state index contributed by atoms with van der Waals surface area (Å²) in [5.41, 5.74) is 7.88. The van der Waals surface area contributed by atoms with E-state index < -0.39 is 0 Å². The second-order valence-electron chi connectivity index (χ2n) is 4.70. The van der Waals surface area contributed by atoms with Gasteiger partial charge in [-0.15, -0.1) is 0 Å². The number of piperidine rings is 1. The zero-order chi connectivity index (χ0) is 11.4. The fourth-order valence-electron chi connectivity index (χ4n) is 2.18. The molecule has 0 radical (unpaired) electrons. The van der Waals surface area contributed by atoms with Crippen molar-refractivity contribution in [2.45, 2.75) is 25.4 Å². The van der Waals surface area contributed by atoms with Crippen LogP contribution in [0.5, 0.6) is 0 Å². The Balaban J connectivity index is 1.79. The van der Waals surface area contributed by atoms with Crippen LogP contribution in [0.15, 0.2) is 24.3 Å². The molecule has 16 heavy (non-hydrogen) atoms. The van der Waals surface area contributed by atoms with Crippen molar-refractivity contribution in [2.75, 3.05) is 25.9 Å². The molecule has 1 aromatic carbocycles. The predicted octanol–water partition coefficient (Wildman–Crippen LogP) is 1.45. The average molecular weight is 219 g/mol. The highest BCUT2D eigenvalue weighted by molar-refractivity contribution is 5.40. The number of nitrogens with zero attached hydrogens (tertiary/aromatic N) is 1. The highest BCUT2D eigenvalue weighted by Crippen LogP contribution is 2.10. The van der Waals surface area contributed by atoms with Gasteiger partial charge in [0.05, 0.1) is 0 Å². The fraction of sp³-hybridized carbons (Fsp3) is 0.538. The third-order valence-electron chi connectivity index (χ3n) is 3.26. The van der Waals surface area contributed by atoms with E-state index in [2.05, 4.69) is 23.3 Å². The Morgan fingerprint density at radius 1 is 1.38 bits per heavy atom. The lowest BCUT2D eigenvalue weighted by molar-refractivity contribution is 0.234. The molecule has 0 amide bonds. The molecular weight excluding hydrogens is 198 g/mol. The minimum atomic E-state index is 0.664. The number of hydrogen-bond donors (Lipinski definition) is 2. The molecule has 0 unspecified atom stereocenters. The van der Waals surface area contributed by atoms with Crippen LogP contribution < -0.4 is 11.1 Å². The van der Waals surface area contributed by atoms with E-state index in [0.29, 0.717) is 6.04 Å². The summed E-state index contributed by atoms with van der Waals surface area (Å²) in [7, 11) is 2.19. The van der Waals surface area contributed by atoms with Crippen molar-refractivity contribution < 1.29 is 0 Å². The molecule has 1 fully saturated rings. The van der Waals surface area contributed by atoms with Gasteiger partial charge < -0.3 is 16.0 Å². The van der Waals surface area contributed by atoms with Crippen LogP contribution >= 0.6 is 0 Å². The van der Waals surface area contributed by atoms with Crippen molar-refractivity contribution >= 4 is 5.69 Å². The first-order valence-electron chi connectivity index (χ1n) is 6.00. The SMILES string of the molecule is CN1CCC(NCc2cccc(N)c2)CC1. The highest BCUT2D eigenvalue weighted by atomic mass is 15.1. The maximum absolute atomic E-state index is 5.75. The van der Waals surface area contributed by atoms with Gasteiger partial charge in [0.25, 0.3) is 0 Å². The van der Waals surface area contributed by atoms with Crippen LogP contribution in [-0.2, 0) is 6.54 Å². The van der Waals surface area contributed by atoms with Crippen molar-refractivity contribution in [1.82, 2.24) is 10.2 Å². The third kappa shape index (κ3) is 3.22. The van der Waals surface area contributed by atoms with E-state index in [4.69, 9.17) is 5.73 Å². The van der Waals surface area contributed by atoms with E-state index in [0.717, 1.165) is 12.2 Å². The minimum Gasteiger partial charge on any atom is -0.399 e. The van der Waals surface area contributed by atoms with E-state index in [1.165, 1.54) is 31.5 Å². The van der Waals surface area contributed by atoms with Gasteiger partial charge in [-0.3, -0.25) is 0 Å². The molecule has 1 aromatic rings. The van der Waals surface area contributed by atoms with Gasteiger partial charge in [0.15, 0.2) is 0 Å². The minimum absolute atomic E-state index is 0.664. The van der Waals surface area contributed by atoms with Crippen LogP contribution in [0.1, 0.15) is 18.4 Å². The van der Waals surface area contributed by atoms with Gasteiger partial charge in [-0.25, -0.2) is 0 Å². The molecule has 0 saturated carbocycles. The summed E-state index contributed by atoms with van der Waals surface area (Å²) in [5.74, 6) is 0. The largest absolute Gasteiger partial charge is 0.399 e. The molecule has 2 rings (SSSR count). The summed E-state index contributed by atoms with van der Waals surface area (Å²) in [4.78, 5) is 2.39. The molecule has 3 heteroatoms. The van der Waals surface area contributed by atoms with Gasteiger partial charge in [-0.1, -0.05) is 12.1 Å². The first kappa shape index (κ1) is 11.4. The summed E-state index contributed by atoms with van der Waals surface area (Å²) in [5, 5.41) is 3.60. The average Bonchev–Trinajstić information content (AvgIpc) is 2.28. The first-order chi connectivity index (χ1) is 7.74. The number of nitrogens with one attached hydrogen (secondary N) is 1. The summed E-state index contributed by atoms with van der Waals surface area (Å²) in [6.45, 7) is 3.34. The Kier molecular flexibility index (Phi) is 3.80. The van der Waals surface area contributed by atoms with Crippen LogP contribution in [-0.4, -0.2) is 31.1 Å². The van der Waals surface area contributed by atoms with Gasteiger partial charge in [-0.05, 0) is 50.7 Å². The lowest BCUT2D eigenvalue weighted by Crippen LogP contribution is -2.40. The van der Waals surface area contributed by atoms with Crippen LogP contribution in [0.3, 0.4) is 0 Å². The first-order valence-corrected chi connectivity index (χ1v) is 6.00. The molecule has 0 aliphatic carbocycles. The molecule has 1 heterocycles. The summed E-state index contributed by atoms with van der Waals surface area (Å²) in [6.07, 6.45) is 2.50. The number of rotatable bonds is 3. The Labute approximate surface area is 97.6 Å². The summed E-state index contributed by atoms with van der Waals surface area (Å²) >= 11 is 0. The Morgan fingerprint density at radius 2 is 2.12 bits per heavy atom. The number of nitrogens with two attached hydrogens (primary N) is 1.